The van der Waals surface area contributed by atoms with Crippen molar-refractivity contribution in [2.75, 3.05) is 18.0 Å². The number of fused-ring (bicyclic) bond motifs is 1. The quantitative estimate of drug-likeness (QED) is 0.514. The largest absolute Gasteiger partial charge is 0.351 e. The molecule has 0 N–H and O–H groups in total. The predicted molar refractivity (Wildman–Crippen MR) is 114 cm³/mol. The van der Waals surface area contributed by atoms with E-state index in [0.717, 1.165) is 47.6 Å². The van der Waals surface area contributed by atoms with Gasteiger partial charge in [-0.3, -0.25) is 4.98 Å². The summed E-state index contributed by atoms with van der Waals surface area (Å²) in [4.78, 5) is 16.3. The number of rotatable bonds is 3. The van der Waals surface area contributed by atoms with Crippen molar-refractivity contribution in [2.24, 2.45) is 0 Å². The minimum atomic E-state index is 0.743. The van der Waals surface area contributed by atoms with Gasteiger partial charge in [-0.15, -0.1) is 0 Å². The second-order valence-corrected chi connectivity index (χ2v) is 6.93. The number of hydrogen-bond acceptors (Lipinski definition) is 4. The molecule has 28 heavy (non-hydrogen) atoms. The van der Waals surface area contributed by atoms with Crippen LogP contribution in [0.5, 0.6) is 0 Å². The van der Waals surface area contributed by atoms with Gasteiger partial charge in [0, 0.05) is 36.4 Å². The van der Waals surface area contributed by atoms with Crippen molar-refractivity contribution in [1.29, 1.82) is 0 Å². The second kappa shape index (κ2) is 7.24. The van der Waals surface area contributed by atoms with Gasteiger partial charge in [-0.25, -0.2) is 9.97 Å². The summed E-state index contributed by atoms with van der Waals surface area (Å²) in [6.45, 7) is 1.80. The van der Waals surface area contributed by atoms with Crippen molar-refractivity contribution in [3.63, 3.8) is 0 Å². The Morgan fingerprint density at radius 2 is 1.54 bits per heavy atom. The van der Waals surface area contributed by atoms with Crippen LogP contribution in [0.25, 0.3) is 27.9 Å². The number of pyridine rings is 1. The van der Waals surface area contributed by atoms with Gasteiger partial charge in [-0.1, -0.05) is 48.5 Å². The van der Waals surface area contributed by atoms with Crippen molar-refractivity contribution < 1.29 is 0 Å². The fourth-order valence-electron chi connectivity index (χ4n) is 3.72. The molecule has 0 saturated heterocycles. The Bertz CT molecular complexity index is 1140. The zero-order valence-electron chi connectivity index (χ0n) is 15.5. The molecule has 2 aromatic carbocycles. The maximum Gasteiger partial charge on any atom is 0.162 e. The predicted octanol–water partition coefficient (Wildman–Crippen LogP) is 4.99. The van der Waals surface area contributed by atoms with Crippen LogP contribution in [0.2, 0.25) is 0 Å². The fourth-order valence-corrected chi connectivity index (χ4v) is 3.72. The maximum absolute atomic E-state index is 4.98. The molecule has 1 aliphatic heterocycles. The van der Waals surface area contributed by atoms with Gasteiger partial charge >= 0.3 is 0 Å². The minimum absolute atomic E-state index is 0.743. The van der Waals surface area contributed by atoms with E-state index in [1.54, 1.807) is 12.4 Å². The monoisotopic (exact) mass is 364 g/mol. The lowest BCUT2D eigenvalue weighted by Gasteiger charge is -2.29. The Kier molecular flexibility index (Phi) is 4.30. The molecule has 5 rings (SSSR count). The summed E-state index contributed by atoms with van der Waals surface area (Å²) in [7, 11) is 0. The first-order valence-corrected chi connectivity index (χ1v) is 9.55. The number of benzene rings is 2. The van der Waals surface area contributed by atoms with Crippen LogP contribution >= 0.6 is 0 Å². The van der Waals surface area contributed by atoms with Crippen molar-refractivity contribution in [3.05, 3.63) is 90.8 Å². The van der Waals surface area contributed by atoms with E-state index >= 15 is 0 Å². The molecule has 0 spiro atoms. The third-order valence-corrected chi connectivity index (χ3v) is 5.12. The zero-order chi connectivity index (χ0) is 18.8. The summed E-state index contributed by atoms with van der Waals surface area (Å²) >= 11 is 0. The summed E-state index contributed by atoms with van der Waals surface area (Å²) in [6.07, 6.45) is 6.92. The summed E-state index contributed by atoms with van der Waals surface area (Å²) < 4.78 is 0. The average Bonchev–Trinajstić information content (AvgIpc) is 2.79. The molecule has 0 bridgehead atoms. The van der Waals surface area contributed by atoms with Gasteiger partial charge in [0.15, 0.2) is 5.82 Å². The van der Waals surface area contributed by atoms with E-state index in [-0.39, 0.29) is 0 Å². The Labute approximate surface area is 164 Å². The third kappa shape index (κ3) is 3.14. The SMILES string of the molecule is C1=C(c2ccccc2)CN(c2nc(-c3ccncc3)nc3ccccc23)CC1. The van der Waals surface area contributed by atoms with Crippen LogP contribution in [0, 0.1) is 0 Å². The van der Waals surface area contributed by atoms with Crippen LogP contribution in [0.4, 0.5) is 5.82 Å². The molecule has 4 nitrogen and oxygen atoms in total. The van der Waals surface area contributed by atoms with Crippen molar-refractivity contribution >= 4 is 22.3 Å². The number of aromatic nitrogens is 3. The Morgan fingerprint density at radius 1 is 0.750 bits per heavy atom. The Hall–Kier alpha value is -3.53. The zero-order valence-corrected chi connectivity index (χ0v) is 15.5. The molecule has 2 aromatic heterocycles. The van der Waals surface area contributed by atoms with Crippen molar-refractivity contribution in [2.45, 2.75) is 6.42 Å². The number of para-hydroxylation sites is 1. The van der Waals surface area contributed by atoms with Gasteiger partial charge in [0.05, 0.1) is 5.52 Å². The van der Waals surface area contributed by atoms with E-state index in [1.807, 2.05) is 18.2 Å². The highest BCUT2D eigenvalue weighted by atomic mass is 15.2. The van der Waals surface area contributed by atoms with E-state index < -0.39 is 0 Å². The van der Waals surface area contributed by atoms with Gasteiger partial charge < -0.3 is 4.90 Å². The van der Waals surface area contributed by atoms with Crippen LogP contribution in [-0.4, -0.2) is 28.0 Å². The number of nitrogens with zero attached hydrogens (tertiary/aromatic N) is 4. The normalized spacial score (nSPS) is 14.1. The molecular formula is C24H20N4. The molecule has 0 amide bonds. The number of anilines is 1. The summed E-state index contributed by atoms with van der Waals surface area (Å²) in [6, 6.07) is 22.8. The van der Waals surface area contributed by atoms with E-state index in [0.29, 0.717) is 0 Å². The molecule has 4 heteroatoms. The van der Waals surface area contributed by atoms with Crippen LogP contribution < -0.4 is 4.90 Å². The molecule has 0 aliphatic carbocycles. The van der Waals surface area contributed by atoms with Crippen LogP contribution in [0.15, 0.2) is 85.2 Å². The summed E-state index contributed by atoms with van der Waals surface area (Å²) in [5.41, 5.74) is 4.58. The molecule has 0 unspecified atom stereocenters. The lowest BCUT2D eigenvalue weighted by Crippen LogP contribution is -2.30. The van der Waals surface area contributed by atoms with Gasteiger partial charge in [-0.05, 0) is 41.8 Å². The highest BCUT2D eigenvalue weighted by molar-refractivity contribution is 5.92. The first kappa shape index (κ1) is 16.6. The average molecular weight is 364 g/mol. The smallest absolute Gasteiger partial charge is 0.162 e. The lowest BCUT2D eigenvalue weighted by atomic mass is 10.0. The van der Waals surface area contributed by atoms with Crippen molar-refractivity contribution in [1.82, 2.24) is 15.0 Å². The van der Waals surface area contributed by atoms with E-state index in [4.69, 9.17) is 9.97 Å². The molecule has 136 valence electrons. The first-order valence-electron chi connectivity index (χ1n) is 9.55. The maximum atomic E-state index is 4.98. The lowest BCUT2D eigenvalue weighted by molar-refractivity contribution is 0.819. The van der Waals surface area contributed by atoms with Gasteiger partial charge in [0.2, 0.25) is 0 Å². The first-order chi connectivity index (χ1) is 13.9. The van der Waals surface area contributed by atoms with Crippen molar-refractivity contribution in [3.8, 4) is 11.4 Å². The summed E-state index contributed by atoms with van der Waals surface area (Å²) in [5, 5.41) is 1.09. The highest BCUT2D eigenvalue weighted by Crippen LogP contribution is 2.31. The van der Waals surface area contributed by atoms with Gasteiger partial charge in [-0.2, -0.15) is 0 Å². The van der Waals surface area contributed by atoms with Gasteiger partial charge in [0.25, 0.3) is 0 Å². The molecular weight excluding hydrogens is 344 g/mol. The third-order valence-electron chi connectivity index (χ3n) is 5.12. The standard InChI is InChI=1S/C24H20N4/c1-2-7-18(8-3-1)20-9-6-16-28(17-20)24-21-10-4-5-11-22(21)26-23(27-24)19-12-14-25-15-13-19/h1-5,7-15H,6,16-17H2. The van der Waals surface area contributed by atoms with Gasteiger partial charge in [0.1, 0.15) is 5.82 Å². The van der Waals surface area contributed by atoms with E-state index in [9.17, 15) is 0 Å². The highest BCUT2D eigenvalue weighted by Gasteiger charge is 2.19. The molecule has 0 radical (unpaired) electrons. The molecule has 3 heterocycles. The van der Waals surface area contributed by atoms with E-state index in [2.05, 4.69) is 64.5 Å². The molecule has 0 fully saturated rings. The second-order valence-electron chi connectivity index (χ2n) is 6.93. The fraction of sp³-hybridized carbons (Fsp3) is 0.125. The minimum Gasteiger partial charge on any atom is -0.351 e. The Morgan fingerprint density at radius 3 is 2.39 bits per heavy atom. The number of hydrogen-bond donors (Lipinski definition) is 0. The molecule has 1 aliphatic rings. The molecule has 0 atom stereocenters. The van der Waals surface area contributed by atoms with E-state index in [1.165, 1.54) is 11.1 Å². The molecule has 4 aromatic rings. The Balaban J connectivity index is 1.59. The molecule has 0 saturated carbocycles. The van der Waals surface area contributed by atoms with Crippen LogP contribution in [0.1, 0.15) is 12.0 Å². The van der Waals surface area contributed by atoms with Crippen LogP contribution in [-0.2, 0) is 0 Å². The summed E-state index contributed by atoms with van der Waals surface area (Å²) in [5.74, 6) is 1.74. The van der Waals surface area contributed by atoms with Crippen LogP contribution in [0.3, 0.4) is 0 Å². The topological polar surface area (TPSA) is 41.9 Å².